The van der Waals surface area contributed by atoms with Crippen molar-refractivity contribution >= 4 is 50.7 Å². The number of rotatable bonds is 4. The van der Waals surface area contributed by atoms with Crippen LogP contribution in [0, 0.1) is 10.1 Å². The van der Waals surface area contributed by atoms with E-state index in [2.05, 4.69) is 5.32 Å². The van der Waals surface area contributed by atoms with Crippen molar-refractivity contribution < 1.29 is 19.6 Å². The van der Waals surface area contributed by atoms with Crippen LogP contribution in [0.1, 0.15) is 16.1 Å². The minimum absolute atomic E-state index is 0.0449. The number of fused-ring (bicyclic) bond motifs is 1. The van der Waals surface area contributed by atoms with Gasteiger partial charge in [-0.3, -0.25) is 14.9 Å². The lowest BCUT2D eigenvalue weighted by Gasteiger charge is -2.24. The van der Waals surface area contributed by atoms with Crippen LogP contribution >= 0.6 is 23.1 Å². The number of non-ortho nitro benzene ring substituents is 1. The van der Waals surface area contributed by atoms with Crippen LogP contribution in [-0.2, 0) is 4.79 Å². The first-order valence-corrected chi connectivity index (χ1v) is 8.70. The van der Waals surface area contributed by atoms with Gasteiger partial charge in [0, 0.05) is 28.0 Å². The molecule has 1 aromatic carbocycles. The summed E-state index contributed by atoms with van der Waals surface area (Å²) >= 11 is 2.67. The molecule has 1 aliphatic rings. The summed E-state index contributed by atoms with van der Waals surface area (Å²) in [7, 11) is 0. The van der Waals surface area contributed by atoms with Crippen LogP contribution < -0.4 is 5.32 Å². The second kappa shape index (κ2) is 5.82. The smallest absolute Gasteiger partial charge is 0.330 e. The molecule has 1 aromatic heterocycles. The Morgan fingerprint density at radius 3 is 2.74 bits per heavy atom. The van der Waals surface area contributed by atoms with Crippen LogP contribution in [0.4, 0.5) is 5.69 Å². The van der Waals surface area contributed by atoms with Crippen LogP contribution in [0.5, 0.6) is 0 Å². The predicted octanol–water partition coefficient (Wildman–Crippen LogP) is 2.50. The highest BCUT2D eigenvalue weighted by molar-refractivity contribution is 7.99. The molecule has 1 unspecified atom stereocenters. The summed E-state index contributed by atoms with van der Waals surface area (Å²) in [6, 6.07) is 5.93. The van der Waals surface area contributed by atoms with Crippen molar-refractivity contribution in [3.8, 4) is 0 Å². The lowest BCUT2D eigenvalue weighted by atomic mass is 9.99. The van der Waals surface area contributed by atoms with Gasteiger partial charge < -0.3 is 10.4 Å². The Kier molecular flexibility index (Phi) is 3.99. The lowest BCUT2D eigenvalue weighted by Crippen LogP contribution is -2.54. The maximum absolute atomic E-state index is 12.4. The van der Waals surface area contributed by atoms with Crippen LogP contribution in [0.25, 0.3) is 10.1 Å². The van der Waals surface area contributed by atoms with Gasteiger partial charge in [-0.25, -0.2) is 4.79 Å². The molecule has 7 nitrogen and oxygen atoms in total. The number of carboxylic acids is 1. The Balaban J connectivity index is 1.89. The van der Waals surface area contributed by atoms with E-state index in [9.17, 15) is 24.8 Å². The van der Waals surface area contributed by atoms with E-state index >= 15 is 0 Å². The van der Waals surface area contributed by atoms with Gasteiger partial charge in [0.1, 0.15) is 5.54 Å². The number of benzene rings is 1. The molecule has 0 saturated carbocycles. The van der Waals surface area contributed by atoms with E-state index in [4.69, 9.17) is 0 Å². The number of carbonyl (C=O) groups is 2. The molecule has 2 aromatic rings. The third-order valence-electron chi connectivity index (χ3n) is 3.72. The molecule has 0 radical (unpaired) electrons. The summed E-state index contributed by atoms with van der Waals surface area (Å²) < 4.78 is 0.742. The number of nitro groups is 1. The quantitative estimate of drug-likeness (QED) is 0.646. The molecule has 9 heteroatoms. The van der Waals surface area contributed by atoms with Gasteiger partial charge in [0.25, 0.3) is 11.6 Å². The Labute approximate surface area is 138 Å². The number of amides is 1. The van der Waals surface area contributed by atoms with E-state index in [1.165, 1.54) is 35.2 Å². The molecular weight excluding hydrogens is 340 g/mol. The summed E-state index contributed by atoms with van der Waals surface area (Å²) in [5, 5.41) is 23.4. The average Bonchev–Trinajstić information content (AvgIpc) is 3.13. The third kappa shape index (κ3) is 2.89. The molecule has 1 aliphatic heterocycles. The average molecular weight is 352 g/mol. The number of thiophene rings is 1. The van der Waals surface area contributed by atoms with Gasteiger partial charge in [-0.15, -0.1) is 11.3 Å². The van der Waals surface area contributed by atoms with Gasteiger partial charge in [-0.05, 0) is 24.3 Å². The van der Waals surface area contributed by atoms with Gasteiger partial charge >= 0.3 is 5.97 Å². The molecule has 23 heavy (non-hydrogen) atoms. The van der Waals surface area contributed by atoms with Crippen molar-refractivity contribution in [2.75, 3.05) is 11.5 Å². The number of carbonyl (C=O) groups excluding carboxylic acids is 1. The molecule has 2 heterocycles. The van der Waals surface area contributed by atoms with Gasteiger partial charge in [0.05, 0.1) is 9.80 Å². The standard InChI is InChI=1S/C14H12N2O5S2/c17-12(15-14(13(18)19)3-4-22-7-14)11-6-8-5-9(16(20)21)1-2-10(8)23-11/h1-2,5-6H,3-4,7H2,(H,15,17)(H,18,19). The summed E-state index contributed by atoms with van der Waals surface area (Å²) in [4.78, 5) is 34.5. The Morgan fingerprint density at radius 2 is 2.13 bits per heavy atom. The first kappa shape index (κ1) is 15.8. The molecule has 120 valence electrons. The third-order valence-corrected chi connectivity index (χ3v) is 6.02. The van der Waals surface area contributed by atoms with Crippen LogP contribution in [0.3, 0.4) is 0 Å². The van der Waals surface area contributed by atoms with Crippen molar-refractivity contribution in [1.29, 1.82) is 0 Å². The molecule has 2 N–H and O–H groups in total. The largest absolute Gasteiger partial charge is 0.479 e. The van der Waals surface area contributed by atoms with E-state index in [0.29, 0.717) is 28.2 Å². The Bertz CT molecular complexity index is 811. The fourth-order valence-electron chi connectivity index (χ4n) is 2.42. The molecule has 0 bridgehead atoms. The zero-order chi connectivity index (χ0) is 16.6. The fraction of sp³-hybridized carbons (Fsp3) is 0.286. The highest BCUT2D eigenvalue weighted by Crippen LogP contribution is 2.31. The van der Waals surface area contributed by atoms with Gasteiger partial charge in [0.15, 0.2) is 0 Å². The number of carboxylic acid groups (broad SMARTS) is 1. The molecule has 1 amide bonds. The van der Waals surface area contributed by atoms with E-state index in [0.717, 1.165) is 4.70 Å². The lowest BCUT2D eigenvalue weighted by molar-refractivity contribution is -0.384. The maximum Gasteiger partial charge on any atom is 0.330 e. The van der Waals surface area contributed by atoms with Crippen molar-refractivity contribution in [3.05, 3.63) is 39.3 Å². The van der Waals surface area contributed by atoms with Crippen molar-refractivity contribution in [1.82, 2.24) is 5.32 Å². The fourth-order valence-corrected chi connectivity index (χ4v) is 4.68. The molecule has 3 rings (SSSR count). The highest BCUT2D eigenvalue weighted by Gasteiger charge is 2.43. The molecule has 1 saturated heterocycles. The SMILES string of the molecule is O=C(NC1(C(=O)O)CCSC1)c1cc2cc([N+](=O)[O-])ccc2s1. The molecule has 1 atom stereocenters. The first-order chi connectivity index (χ1) is 10.9. The van der Waals surface area contributed by atoms with E-state index in [-0.39, 0.29) is 5.69 Å². The van der Waals surface area contributed by atoms with Gasteiger partial charge in [0.2, 0.25) is 0 Å². The monoisotopic (exact) mass is 352 g/mol. The normalized spacial score (nSPS) is 20.5. The summed E-state index contributed by atoms with van der Waals surface area (Å²) in [5.74, 6) is -0.471. The maximum atomic E-state index is 12.4. The number of hydrogen-bond donors (Lipinski definition) is 2. The Morgan fingerprint density at radius 1 is 1.35 bits per heavy atom. The topological polar surface area (TPSA) is 110 Å². The van der Waals surface area contributed by atoms with Crippen molar-refractivity contribution in [3.63, 3.8) is 0 Å². The zero-order valence-electron chi connectivity index (χ0n) is 11.8. The van der Waals surface area contributed by atoms with Crippen molar-refractivity contribution in [2.45, 2.75) is 12.0 Å². The van der Waals surface area contributed by atoms with E-state index < -0.39 is 22.3 Å². The number of aliphatic carboxylic acids is 1. The number of hydrogen-bond acceptors (Lipinski definition) is 6. The minimum Gasteiger partial charge on any atom is -0.479 e. The first-order valence-electron chi connectivity index (χ1n) is 6.73. The summed E-state index contributed by atoms with van der Waals surface area (Å²) in [5.41, 5.74) is -1.28. The summed E-state index contributed by atoms with van der Waals surface area (Å²) in [6.07, 6.45) is 0.384. The van der Waals surface area contributed by atoms with Crippen LogP contribution in [0.2, 0.25) is 0 Å². The number of nitrogens with one attached hydrogen (secondary N) is 1. The second-order valence-electron chi connectivity index (χ2n) is 5.23. The summed E-state index contributed by atoms with van der Waals surface area (Å²) in [6.45, 7) is 0. The number of thioether (sulfide) groups is 1. The molecular formula is C14H12N2O5S2. The number of nitrogens with zero attached hydrogens (tertiary/aromatic N) is 1. The Hall–Kier alpha value is -2.13. The zero-order valence-corrected chi connectivity index (χ0v) is 13.4. The molecule has 1 fully saturated rings. The van der Waals surface area contributed by atoms with E-state index in [1.54, 1.807) is 12.1 Å². The van der Waals surface area contributed by atoms with Crippen molar-refractivity contribution in [2.24, 2.45) is 0 Å². The second-order valence-corrected chi connectivity index (χ2v) is 7.42. The molecule has 0 aliphatic carbocycles. The van der Waals surface area contributed by atoms with E-state index in [1.807, 2.05) is 0 Å². The van der Waals surface area contributed by atoms with Gasteiger partial charge in [-0.2, -0.15) is 11.8 Å². The van der Waals surface area contributed by atoms with Crippen LogP contribution in [-0.4, -0.2) is 39.0 Å². The number of nitro benzene ring substituents is 1. The highest BCUT2D eigenvalue weighted by atomic mass is 32.2. The van der Waals surface area contributed by atoms with Gasteiger partial charge in [-0.1, -0.05) is 0 Å². The molecule has 0 spiro atoms. The van der Waals surface area contributed by atoms with Crippen LogP contribution in [0.15, 0.2) is 24.3 Å². The minimum atomic E-state index is -1.23. The predicted molar refractivity (Wildman–Crippen MR) is 88.3 cm³/mol.